The molecule has 19 heteroatoms. The fourth-order valence-corrected chi connectivity index (χ4v) is 12.4. The van der Waals surface area contributed by atoms with Gasteiger partial charge in [-0.2, -0.15) is 12.7 Å². The highest BCUT2D eigenvalue weighted by Crippen LogP contribution is 2.39. The zero-order chi connectivity index (χ0) is 47.0. The first-order chi connectivity index (χ1) is 32.8. The number of alkyl halides is 1. The summed E-state index contributed by atoms with van der Waals surface area (Å²) in [6.45, 7) is 5.94. The van der Waals surface area contributed by atoms with Gasteiger partial charge in [-0.15, -0.1) is 0 Å². The number of nitrogens with one attached hydrogen (secondary N) is 3. The predicted octanol–water partition coefficient (Wildman–Crippen LogP) is 5.63. The molecule has 0 aliphatic carbocycles. The quantitative estimate of drug-likeness (QED) is 0.112. The summed E-state index contributed by atoms with van der Waals surface area (Å²) in [5.74, 6) is -3.20. The van der Waals surface area contributed by atoms with Gasteiger partial charge in [0.05, 0.1) is 11.3 Å². The summed E-state index contributed by atoms with van der Waals surface area (Å²) in [7, 11) is -4.35. The van der Waals surface area contributed by atoms with Gasteiger partial charge in [-0.1, -0.05) is 12.1 Å². The third kappa shape index (κ3) is 8.06. The number of anilines is 3. The molecule has 5 fully saturated rings. The number of benzene rings is 3. The van der Waals surface area contributed by atoms with Gasteiger partial charge in [0, 0.05) is 123 Å². The number of carbonyl (C=O) groups excluding carboxylic acids is 4. The number of aromatic nitrogens is 2. The number of carbonyl (C=O) groups is 4. The van der Waals surface area contributed by atoms with Crippen LogP contribution >= 0.6 is 0 Å². The van der Waals surface area contributed by atoms with Crippen molar-refractivity contribution in [2.75, 3.05) is 66.9 Å². The Hall–Kier alpha value is -6.31. The van der Waals surface area contributed by atoms with Crippen molar-refractivity contribution in [2.45, 2.75) is 63.3 Å². The zero-order valence-corrected chi connectivity index (χ0v) is 37.9. The Balaban J connectivity index is 0.683. The van der Waals surface area contributed by atoms with Crippen molar-refractivity contribution in [3.8, 4) is 11.1 Å². The topological polar surface area (TPSA) is 171 Å². The molecule has 8 heterocycles. The summed E-state index contributed by atoms with van der Waals surface area (Å²) in [5.41, 5.74) is 4.06. The van der Waals surface area contributed by atoms with Crippen molar-refractivity contribution in [1.82, 2.24) is 29.4 Å². The van der Waals surface area contributed by atoms with Crippen LogP contribution in [-0.2, 0) is 26.3 Å². The summed E-state index contributed by atoms with van der Waals surface area (Å²) in [6.07, 6.45) is 5.48. The summed E-state index contributed by atoms with van der Waals surface area (Å²) < 4.78 is 73.2. The van der Waals surface area contributed by atoms with Crippen molar-refractivity contribution in [1.29, 1.82) is 0 Å². The van der Waals surface area contributed by atoms with Crippen LogP contribution in [-0.4, -0.2) is 127 Å². The van der Waals surface area contributed by atoms with Crippen molar-refractivity contribution in [3.63, 3.8) is 0 Å². The number of hydrogen-bond acceptors (Lipinski definition) is 10. The molecule has 2 aromatic heterocycles. The number of amides is 3. The Bertz CT molecular complexity index is 2980. The van der Waals surface area contributed by atoms with E-state index in [4.69, 9.17) is 0 Å². The van der Waals surface area contributed by atoms with Gasteiger partial charge >= 0.3 is 10.2 Å². The molecule has 3 amide bonds. The second-order valence-corrected chi connectivity index (χ2v) is 20.7. The van der Waals surface area contributed by atoms with Gasteiger partial charge in [0.25, 0.3) is 5.91 Å². The predicted molar refractivity (Wildman–Crippen MR) is 248 cm³/mol. The molecule has 4 atom stereocenters. The first-order valence-electron chi connectivity index (χ1n) is 23.3. The molecule has 0 spiro atoms. The smallest absolute Gasteiger partial charge is 0.301 e. The summed E-state index contributed by atoms with van der Waals surface area (Å²) >= 11 is 0. The van der Waals surface area contributed by atoms with Crippen LogP contribution in [0.2, 0.25) is 0 Å². The van der Waals surface area contributed by atoms with Crippen molar-refractivity contribution < 1.29 is 40.8 Å². The van der Waals surface area contributed by atoms with E-state index in [1.54, 1.807) is 17.2 Å². The van der Waals surface area contributed by atoms with Gasteiger partial charge in [0.2, 0.25) is 17.6 Å². The lowest BCUT2D eigenvalue weighted by atomic mass is 9.81. The Morgan fingerprint density at radius 3 is 2.38 bits per heavy atom. The maximum Gasteiger partial charge on any atom is 0.301 e. The van der Waals surface area contributed by atoms with Crippen LogP contribution in [0.25, 0.3) is 22.2 Å². The van der Waals surface area contributed by atoms with Crippen LogP contribution in [0.15, 0.2) is 73.1 Å². The average Bonchev–Trinajstić information content (AvgIpc) is 4.05. The molecule has 3 aromatic carbocycles. The molecule has 15 nitrogen and oxygen atoms in total. The number of piperidine rings is 3. The van der Waals surface area contributed by atoms with Crippen LogP contribution in [0.3, 0.4) is 0 Å². The van der Waals surface area contributed by atoms with Crippen molar-refractivity contribution in [3.05, 3.63) is 107 Å². The third-order valence-electron chi connectivity index (χ3n) is 14.9. The van der Waals surface area contributed by atoms with Crippen molar-refractivity contribution in [2.24, 2.45) is 11.8 Å². The van der Waals surface area contributed by atoms with Crippen molar-refractivity contribution >= 4 is 61.8 Å². The molecule has 1 unspecified atom stereocenters. The molecule has 3 N–H and O–H groups in total. The standard InChI is InChI=1S/C49H50F3N9O6S/c50-33-13-18-59(27-33)68(66,67)56-40-8-7-39(51)44(45(40)52)46(63)38-22-54-47-37(38)20-30(21-53-47)29-1-3-34(4-2-29)60-26-32-24-57(15-14-41(32)60)23-28-11-16-58(17-12-28)35-5-6-36-31(19-35)25-61(49(36)65)42-9-10-43(62)55-48(42)64/h1-8,19-22,28,32-33,41-42,56H,9-18,23-27H2,(H,53,54)(H,55,62,64)/t32-,33-,41-,42?/m1/s1. The molecule has 0 radical (unpaired) electrons. The van der Waals surface area contributed by atoms with Crippen LogP contribution in [0.1, 0.15) is 70.4 Å². The van der Waals surface area contributed by atoms with Crippen LogP contribution < -0.4 is 19.8 Å². The molecule has 5 saturated heterocycles. The monoisotopic (exact) mass is 949 g/mol. The molecule has 0 bridgehead atoms. The number of halogens is 3. The maximum atomic E-state index is 15.8. The van der Waals surface area contributed by atoms with Crippen LogP contribution in [0, 0.1) is 23.5 Å². The van der Waals surface area contributed by atoms with Gasteiger partial charge < -0.3 is 24.6 Å². The largest absolute Gasteiger partial charge is 0.372 e. The first-order valence-corrected chi connectivity index (χ1v) is 24.8. The van der Waals surface area contributed by atoms with Crippen LogP contribution in [0.5, 0.6) is 0 Å². The zero-order valence-electron chi connectivity index (χ0n) is 37.1. The number of ketones is 1. The first kappa shape index (κ1) is 44.2. The van der Waals surface area contributed by atoms with E-state index in [0.29, 0.717) is 53.0 Å². The summed E-state index contributed by atoms with van der Waals surface area (Å²) in [5, 5.41) is 2.71. The number of H-pyrrole nitrogens is 1. The van der Waals surface area contributed by atoms with E-state index in [9.17, 15) is 32.0 Å². The van der Waals surface area contributed by atoms with Gasteiger partial charge in [0.15, 0.2) is 5.82 Å². The third-order valence-corrected chi connectivity index (χ3v) is 16.4. The fourth-order valence-electron chi connectivity index (χ4n) is 11.2. The Kier molecular flexibility index (Phi) is 11.3. The normalized spacial score (nSPS) is 23.8. The second kappa shape index (κ2) is 17.3. The lowest BCUT2D eigenvalue weighted by Gasteiger charge is -2.55. The number of imide groups is 1. The second-order valence-electron chi connectivity index (χ2n) is 19.0. The van der Waals surface area contributed by atoms with Gasteiger partial charge in [-0.05, 0) is 97.7 Å². The molecule has 11 rings (SSSR count). The highest BCUT2D eigenvalue weighted by atomic mass is 32.2. The number of hydrogen-bond donors (Lipinski definition) is 3. The van der Waals surface area contributed by atoms with Gasteiger partial charge in [0.1, 0.15) is 23.7 Å². The number of fused-ring (bicyclic) bond motifs is 3. The average molecular weight is 950 g/mol. The fraction of sp³-hybridized carbons (Fsp3) is 0.408. The Morgan fingerprint density at radius 2 is 1.63 bits per heavy atom. The number of nitrogens with zero attached hydrogens (tertiary/aromatic N) is 6. The molecule has 68 heavy (non-hydrogen) atoms. The van der Waals surface area contributed by atoms with E-state index in [0.717, 1.165) is 97.5 Å². The van der Waals surface area contributed by atoms with Crippen LogP contribution in [0.4, 0.5) is 30.2 Å². The van der Waals surface area contributed by atoms with E-state index in [1.165, 1.54) is 6.20 Å². The summed E-state index contributed by atoms with van der Waals surface area (Å²) in [6, 6.07) is 17.4. The minimum absolute atomic E-state index is 0.00552. The molecular weight excluding hydrogens is 900 g/mol. The minimum atomic E-state index is -4.35. The highest BCUT2D eigenvalue weighted by molar-refractivity contribution is 7.90. The SMILES string of the molecule is O=C1CCC(N2Cc3cc(N4CCC(CN5CC[C@@H]6[C@H](C5)CN6c5ccc(-c6cnc7[nH]cc(C(=O)c8c(F)ccc(NS(=O)(=O)N9CC[C@@H](F)C9)c8F)c7c6)cc5)CC4)ccc3C2=O)C(=O)N1. The van der Waals surface area contributed by atoms with E-state index < -0.39 is 57.0 Å². The summed E-state index contributed by atoms with van der Waals surface area (Å²) in [4.78, 5) is 67.6. The molecule has 5 aromatic rings. The Morgan fingerprint density at radius 1 is 0.838 bits per heavy atom. The lowest BCUT2D eigenvalue weighted by molar-refractivity contribution is -0.136. The van der Waals surface area contributed by atoms with E-state index in [2.05, 4.69) is 48.2 Å². The number of rotatable bonds is 11. The number of aromatic amines is 1. The minimum Gasteiger partial charge on any atom is -0.372 e. The van der Waals surface area contributed by atoms with E-state index >= 15 is 8.78 Å². The van der Waals surface area contributed by atoms with E-state index in [-0.39, 0.29) is 43.3 Å². The molecule has 6 aliphatic rings. The number of pyridine rings is 1. The Labute approximate surface area is 390 Å². The van der Waals surface area contributed by atoms with Gasteiger partial charge in [-0.3, -0.25) is 29.2 Å². The van der Waals surface area contributed by atoms with E-state index in [1.807, 2.05) is 29.0 Å². The lowest BCUT2D eigenvalue weighted by Crippen LogP contribution is -2.64. The highest BCUT2D eigenvalue weighted by Gasteiger charge is 2.43. The molecular formula is C49H50F3N9O6S. The molecule has 6 aliphatic heterocycles. The maximum absolute atomic E-state index is 15.8. The van der Waals surface area contributed by atoms with Gasteiger partial charge in [-0.25, -0.2) is 18.2 Å². The number of likely N-dealkylation sites (tertiary alicyclic amines) is 1. The molecule has 354 valence electrons. The molecule has 0 saturated carbocycles.